The molecule has 0 unspecified atom stereocenters. The summed E-state index contributed by atoms with van der Waals surface area (Å²) in [6.07, 6.45) is 1.71. The van der Waals surface area contributed by atoms with Gasteiger partial charge in [0.1, 0.15) is 9.71 Å². The van der Waals surface area contributed by atoms with E-state index >= 15 is 0 Å². The smallest absolute Gasteiger partial charge is 0.348 e. The Morgan fingerprint density at radius 2 is 2.36 bits per heavy atom. The number of ether oxygens (including phenoxy) is 1. The van der Waals surface area contributed by atoms with Gasteiger partial charge < -0.3 is 4.74 Å². The summed E-state index contributed by atoms with van der Waals surface area (Å²) in [4.78, 5) is 16.8. The maximum atomic E-state index is 11.2. The summed E-state index contributed by atoms with van der Waals surface area (Å²) < 4.78 is 5.53. The number of nitrogens with zero attached hydrogens (tertiary/aromatic N) is 1. The summed E-state index contributed by atoms with van der Waals surface area (Å²) in [5, 5.41) is 0.949. The highest BCUT2D eigenvalue weighted by Crippen LogP contribution is 2.26. The zero-order valence-corrected chi connectivity index (χ0v) is 9.68. The Labute approximate surface area is 92.8 Å². The van der Waals surface area contributed by atoms with Crippen molar-refractivity contribution in [1.29, 1.82) is 0 Å². The Hall–Kier alpha value is -0.940. The van der Waals surface area contributed by atoms with Crippen molar-refractivity contribution in [3.8, 4) is 0 Å². The standard InChI is InChI=1S/C9H6BrNO2S/c1-13-9(12)7-3-5-2-6(10)4-11-8(5)14-7/h2-4H,1H3. The summed E-state index contributed by atoms with van der Waals surface area (Å²) in [5.74, 6) is -0.316. The molecular formula is C9H6BrNO2S. The quantitative estimate of drug-likeness (QED) is 0.749. The first kappa shape index (κ1) is 9.61. The van der Waals surface area contributed by atoms with Gasteiger partial charge in [-0.1, -0.05) is 0 Å². The first-order chi connectivity index (χ1) is 6.70. The van der Waals surface area contributed by atoms with Gasteiger partial charge >= 0.3 is 5.97 Å². The maximum Gasteiger partial charge on any atom is 0.348 e. The molecule has 0 N–H and O–H groups in total. The average molecular weight is 272 g/mol. The molecule has 14 heavy (non-hydrogen) atoms. The van der Waals surface area contributed by atoms with E-state index in [4.69, 9.17) is 0 Å². The maximum absolute atomic E-state index is 11.2. The number of pyridine rings is 1. The molecule has 0 fully saturated rings. The van der Waals surface area contributed by atoms with Crippen molar-refractivity contribution in [2.75, 3.05) is 7.11 Å². The zero-order valence-electron chi connectivity index (χ0n) is 7.28. The number of rotatable bonds is 1. The molecule has 0 atom stereocenters. The molecule has 2 aromatic rings. The molecule has 0 spiro atoms. The fraction of sp³-hybridized carbons (Fsp3) is 0.111. The van der Waals surface area contributed by atoms with E-state index in [2.05, 4.69) is 25.7 Å². The average Bonchev–Trinajstić information content (AvgIpc) is 2.59. The van der Waals surface area contributed by atoms with E-state index in [0.29, 0.717) is 4.88 Å². The predicted molar refractivity (Wildman–Crippen MR) is 58.7 cm³/mol. The molecular weight excluding hydrogens is 266 g/mol. The summed E-state index contributed by atoms with van der Waals surface area (Å²) in [5.41, 5.74) is 0. The highest BCUT2D eigenvalue weighted by atomic mass is 79.9. The van der Waals surface area contributed by atoms with Gasteiger partial charge in [0.15, 0.2) is 0 Å². The molecule has 0 saturated heterocycles. The van der Waals surface area contributed by atoms with E-state index in [0.717, 1.165) is 14.7 Å². The van der Waals surface area contributed by atoms with E-state index in [9.17, 15) is 4.79 Å². The topological polar surface area (TPSA) is 39.2 Å². The SMILES string of the molecule is COC(=O)c1cc2cc(Br)cnc2s1. The van der Waals surface area contributed by atoms with E-state index in [1.54, 1.807) is 12.3 Å². The van der Waals surface area contributed by atoms with E-state index in [1.807, 2.05) is 6.07 Å². The van der Waals surface area contributed by atoms with Crippen LogP contribution in [0.25, 0.3) is 10.2 Å². The van der Waals surface area contributed by atoms with E-state index < -0.39 is 0 Å². The normalized spacial score (nSPS) is 10.4. The minimum absolute atomic E-state index is 0.316. The van der Waals surface area contributed by atoms with Crippen molar-refractivity contribution in [2.45, 2.75) is 0 Å². The van der Waals surface area contributed by atoms with Crippen molar-refractivity contribution in [3.05, 3.63) is 27.7 Å². The second-order valence-electron chi connectivity index (χ2n) is 2.65. The molecule has 0 radical (unpaired) electrons. The van der Waals surface area contributed by atoms with E-state index in [-0.39, 0.29) is 5.97 Å². The molecule has 72 valence electrons. The van der Waals surface area contributed by atoms with Crippen molar-refractivity contribution in [1.82, 2.24) is 4.98 Å². The van der Waals surface area contributed by atoms with Crippen LogP contribution in [0.15, 0.2) is 22.8 Å². The van der Waals surface area contributed by atoms with Gasteiger partial charge in [-0.15, -0.1) is 11.3 Å². The molecule has 0 aliphatic carbocycles. The van der Waals surface area contributed by atoms with Gasteiger partial charge in [0.05, 0.1) is 7.11 Å². The largest absolute Gasteiger partial charge is 0.465 e. The van der Waals surface area contributed by atoms with Gasteiger partial charge in [-0.3, -0.25) is 0 Å². The van der Waals surface area contributed by atoms with Crippen LogP contribution in [0.4, 0.5) is 0 Å². The van der Waals surface area contributed by atoms with E-state index in [1.165, 1.54) is 18.4 Å². The number of hydrogen-bond acceptors (Lipinski definition) is 4. The molecule has 5 heteroatoms. The third kappa shape index (κ3) is 1.65. The Morgan fingerprint density at radius 3 is 3.07 bits per heavy atom. The molecule has 0 bridgehead atoms. The zero-order chi connectivity index (χ0) is 10.1. The number of aromatic nitrogens is 1. The van der Waals surface area contributed by atoms with Crippen molar-refractivity contribution >= 4 is 43.5 Å². The predicted octanol–water partition coefficient (Wildman–Crippen LogP) is 2.85. The minimum atomic E-state index is -0.316. The molecule has 2 heterocycles. The second-order valence-corrected chi connectivity index (χ2v) is 4.60. The Balaban J connectivity index is 2.56. The Kier molecular flexibility index (Phi) is 2.52. The minimum Gasteiger partial charge on any atom is -0.465 e. The van der Waals surface area contributed by atoms with Crippen LogP contribution >= 0.6 is 27.3 Å². The first-order valence-corrected chi connectivity index (χ1v) is 5.45. The molecule has 2 rings (SSSR count). The van der Waals surface area contributed by atoms with Crippen LogP contribution in [-0.4, -0.2) is 18.1 Å². The van der Waals surface area contributed by atoms with Gasteiger partial charge in [0.25, 0.3) is 0 Å². The number of fused-ring (bicyclic) bond motifs is 1. The van der Waals surface area contributed by atoms with Gasteiger partial charge in [0, 0.05) is 16.1 Å². The lowest BCUT2D eigenvalue weighted by Crippen LogP contribution is -1.96. The highest BCUT2D eigenvalue weighted by molar-refractivity contribution is 9.10. The number of methoxy groups -OCH3 is 1. The monoisotopic (exact) mass is 271 g/mol. The molecule has 0 aromatic carbocycles. The number of hydrogen-bond donors (Lipinski definition) is 0. The molecule has 0 aliphatic rings. The van der Waals surface area contributed by atoms with Gasteiger partial charge in [-0.2, -0.15) is 0 Å². The van der Waals surface area contributed by atoms with Crippen LogP contribution in [0.5, 0.6) is 0 Å². The molecule has 2 aromatic heterocycles. The first-order valence-electron chi connectivity index (χ1n) is 3.84. The van der Waals surface area contributed by atoms with Crippen LogP contribution < -0.4 is 0 Å². The molecule has 3 nitrogen and oxygen atoms in total. The lowest BCUT2D eigenvalue weighted by atomic mass is 10.3. The summed E-state index contributed by atoms with van der Waals surface area (Å²) in [6.45, 7) is 0. The third-order valence-electron chi connectivity index (χ3n) is 1.73. The lowest BCUT2D eigenvalue weighted by Gasteiger charge is -1.90. The second kappa shape index (κ2) is 3.67. The summed E-state index contributed by atoms with van der Waals surface area (Å²) in [6, 6.07) is 3.70. The molecule has 0 saturated carbocycles. The van der Waals surface area contributed by atoms with Crippen LogP contribution in [0.1, 0.15) is 9.67 Å². The summed E-state index contributed by atoms with van der Waals surface area (Å²) >= 11 is 4.65. The van der Waals surface area contributed by atoms with Crippen LogP contribution in [-0.2, 0) is 4.74 Å². The van der Waals surface area contributed by atoms with Crippen molar-refractivity contribution < 1.29 is 9.53 Å². The molecule has 0 aliphatic heterocycles. The highest BCUT2D eigenvalue weighted by Gasteiger charge is 2.10. The number of carbonyl (C=O) groups excluding carboxylic acids is 1. The number of halogens is 1. The number of thiophene rings is 1. The van der Waals surface area contributed by atoms with Crippen LogP contribution in [0, 0.1) is 0 Å². The van der Waals surface area contributed by atoms with Crippen molar-refractivity contribution in [3.63, 3.8) is 0 Å². The lowest BCUT2D eigenvalue weighted by molar-refractivity contribution is 0.0606. The van der Waals surface area contributed by atoms with Crippen molar-refractivity contribution in [2.24, 2.45) is 0 Å². The fourth-order valence-electron chi connectivity index (χ4n) is 1.11. The third-order valence-corrected chi connectivity index (χ3v) is 3.20. The number of carbonyl (C=O) groups is 1. The van der Waals surface area contributed by atoms with Crippen LogP contribution in [0.2, 0.25) is 0 Å². The summed E-state index contributed by atoms with van der Waals surface area (Å²) in [7, 11) is 1.37. The van der Waals surface area contributed by atoms with Gasteiger partial charge in [0.2, 0.25) is 0 Å². The molecule has 0 amide bonds. The van der Waals surface area contributed by atoms with Crippen LogP contribution in [0.3, 0.4) is 0 Å². The number of esters is 1. The van der Waals surface area contributed by atoms with Gasteiger partial charge in [-0.05, 0) is 28.1 Å². The Bertz CT molecular complexity index is 495. The van der Waals surface area contributed by atoms with Gasteiger partial charge in [-0.25, -0.2) is 9.78 Å². The Morgan fingerprint density at radius 1 is 1.57 bits per heavy atom. The fourth-order valence-corrected chi connectivity index (χ4v) is 2.36.